The number of nitrogens with two attached hydrogens (primary N) is 1. The van der Waals surface area contributed by atoms with Gasteiger partial charge in [0.15, 0.2) is 0 Å². The molecule has 5 nitrogen and oxygen atoms in total. The van der Waals surface area contributed by atoms with E-state index in [1.807, 2.05) is 13.8 Å². The summed E-state index contributed by atoms with van der Waals surface area (Å²) >= 11 is 0. The number of benzene rings is 2. The normalized spacial score (nSPS) is 10.9. The minimum Gasteiger partial charge on any atom is -0.399 e. The summed E-state index contributed by atoms with van der Waals surface area (Å²) in [6, 6.07) is 14.1. The SMILES string of the molecule is CC(C)c1nc2cc(N)ccc2c(=O)n1-c1ccc(C#N)cc1. The van der Waals surface area contributed by atoms with Crippen molar-refractivity contribution in [3.05, 3.63) is 64.2 Å². The molecule has 2 aromatic carbocycles. The minimum absolute atomic E-state index is 0.0594. The van der Waals surface area contributed by atoms with Gasteiger partial charge >= 0.3 is 0 Å². The standard InChI is InChI=1S/C18H16N4O/c1-11(2)17-21-16-9-13(20)5-8-15(16)18(23)22(17)14-6-3-12(10-19)4-7-14/h3-9,11H,20H2,1-2H3. The second-order valence-corrected chi connectivity index (χ2v) is 5.70. The highest BCUT2D eigenvalue weighted by Gasteiger charge is 2.15. The van der Waals surface area contributed by atoms with Crippen molar-refractivity contribution in [3.63, 3.8) is 0 Å². The molecular weight excluding hydrogens is 288 g/mol. The fourth-order valence-corrected chi connectivity index (χ4v) is 2.54. The van der Waals surface area contributed by atoms with E-state index in [2.05, 4.69) is 11.1 Å². The highest BCUT2D eigenvalue weighted by atomic mass is 16.1. The lowest BCUT2D eigenvalue weighted by Gasteiger charge is -2.16. The average molecular weight is 304 g/mol. The third-order valence-corrected chi connectivity index (χ3v) is 3.69. The van der Waals surface area contributed by atoms with Crippen LogP contribution in [0.4, 0.5) is 5.69 Å². The van der Waals surface area contributed by atoms with Crippen molar-refractivity contribution in [3.8, 4) is 11.8 Å². The Kier molecular flexibility index (Phi) is 3.59. The fourth-order valence-electron chi connectivity index (χ4n) is 2.54. The van der Waals surface area contributed by atoms with E-state index in [-0.39, 0.29) is 11.5 Å². The van der Waals surface area contributed by atoms with Gasteiger partial charge in [-0.25, -0.2) is 4.98 Å². The van der Waals surface area contributed by atoms with E-state index in [1.54, 1.807) is 47.0 Å². The first kappa shape index (κ1) is 14.8. The van der Waals surface area contributed by atoms with Crippen LogP contribution in [-0.4, -0.2) is 9.55 Å². The smallest absolute Gasteiger partial charge is 0.265 e. The molecule has 0 saturated heterocycles. The van der Waals surface area contributed by atoms with Crippen LogP contribution in [0.1, 0.15) is 31.2 Å². The Hall–Kier alpha value is -3.13. The number of hydrogen-bond acceptors (Lipinski definition) is 4. The summed E-state index contributed by atoms with van der Waals surface area (Å²) in [5.74, 6) is 0.724. The number of hydrogen-bond donors (Lipinski definition) is 1. The summed E-state index contributed by atoms with van der Waals surface area (Å²) in [6.45, 7) is 3.97. The molecular formula is C18H16N4O. The van der Waals surface area contributed by atoms with Gasteiger partial charge in [-0.2, -0.15) is 5.26 Å². The van der Waals surface area contributed by atoms with Crippen molar-refractivity contribution < 1.29 is 0 Å². The van der Waals surface area contributed by atoms with Gasteiger partial charge < -0.3 is 5.73 Å². The van der Waals surface area contributed by atoms with E-state index >= 15 is 0 Å². The van der Waals surface area contributed by atoms with Crippen LogP contribution < -0.4 is 11.3 Å². The zero-order valence-electron chi connectivity index (χ0n) is 12.9. The van der Waals surface area contributed by atoms with Gasteiger partial charge in [-0.1, -0.05) is 13.8 Å². The molecule has 2 N–H and O–H groups in total. The fraction of sp³-hybridized carbons (Fsp3) is 0.167. The summed E-state index contributed by atoms with van der Waals surface area (Å²) in [5.41, 5.74) is 8.09. The number of anilines is 1. The lowest BCUT2D eigenvalue weighted by atomic mass is 10.1. The predicted molar refractivity (Wildman–Crippen MR) is 90.6 cm³/mol. The van der Waals surface area contributed by atoms with Crippen LogP contribution in [0.2, 0.25) is 0 Å². The second kappa shape index (κ2) is 5.58. The van der Waals surface area contributed by atoms with E-state index in [1.165, 1.54) is 0 Å². The highest BCUT2D eigenvalue weighted by Crippen LogP contribution is 2.20. The van der Waals surface area contributed by atoms with Gasteiger partial charge in [-0.05, 0) is 42.5 Å². The molecule has 23 heavy (non-hydrogen) atoms. The van der Waals surface area contributed by atoms with Crippen LogP contribution in [0.25, 0.3) is 16.6 Å². The molecule has 0 bridgehead atoms. The van der Waals surface area contributed by atoms with Crippen LogP contribution >= 0.6 is 0 Å². The van der Waals surface area contributed by atoms with Gasteiger partial charge in [-0.15, -0.1) is 0 Å². The van der Waals surface area contributed by atoms with Gasteiger partial charge in [0.1, 0.15) is 5.82 Å². The molecule has 0 amide bonds. The van der Waals surface area contributed by atoms with Gasteiger partial charge in [0.25, 0.3) is 5.56 Å². The molecule has 0 aliphatic rings. The molecule has 5 heteroatoms. The van der Waals surface area contributed by atoms with Crippen LogP contribution in [0.15, 0.2) is 47.3 Å². The molecule has 0 unspecified atom stereocenters. The summed E-state index contributed by atoms with van der Waals surface area (Å²) in [4.78, 5) is 17.6. The molecule has 0 radical (unpaired) electrons. The molecule has 0 spiro atoms. The number of aromatic nitrogens is 2. The maximum absolute atomic E-state index is 12.9. The first-order valence-corrected chi connectivity index (χ1v) is 7.34. The maximum atomic E-state index is 12.9. The number of nitrogens with zero attached hydrogens (tertiary/aromatic N) is 3. The molecule has 0 aliphatic carbocycles. The molecule has 114 valence electrons. The number of nitrogen functional groups attached to an aromatic ring is 1. The quantitative estimate of drug-likeness (QED) is 0.738. The van der Waals surface area contributed by atoms with Crippen molar-refractivity contribution in [2.75, 3.05) is 5.73 Å². The predicted octanol–water partition coefficient (Wildman–Crippen LogP) is 2.96. The zero-order valence-corrected chi connectivity index (χ0v) is 12.9. The first-order chi connectivity index (χ1) is 11.0. The van der Waals surface area contributed by atoms with E-state index in [0.717, 1.165) is 0 Å². The van der Waals surface area contributed by atoms with Gasteiger partial charge in [0.2, 0.25) is 0 Å². The first-order valence-electron chi connectivity index (χ1n) is 7.34. The Balaban J connectivity index is 2.36. The van der Waals surface area contributed by atoms with Crippen LogP contribution in [-0.2, 0) is 0 Å². The summed E-state index contributed by atoms with van der Waals surface area (Å²) in [5, 5.41) is 9.44. The van der Waals surface area contributed by atoms with Gasteiger partial charge in [-0.3, -0.25) is 9.36 Å². The Morgan fingerprint density at radius 2 is 1.87 bits per heavy atom. The lowest BCUT2D eigenvalue weighted by Crippen LogP contribution is -2.24. The Morgan fingerprint density at radius 3 is 2.48 bits per heavy atom. The Labute approximate surface area is 133 Å². The van der Waals surface area contributed by atoms with Crippen molar-refractivity contribution in [1.82, 2.24) is 9.55 Å². The third-order valence-electron chi connectivity index (χ3n) is 3.69. The van der Waals surface area contributed by atoms with E-state index in [0.29, 0.717) is 33.7 Å². The minimum atomic E-state index is -0.136. The largest absolute Gasteiger partial charge is 0.399 e. The topological polar surface area (TPSA) is 84.7 Å². The number of rotatable bonds is 2. The van der Waals surface area contributed by atoms with Gasteiger partial charge in [0, 0.05) is 11.6 Å². The Bertz CT molecular complexity index is 979. The Morgan fingerprint density at radius 1 is 1.17 bits per heavy atom. The zero-order chi connectivity index (χ0) is 16.6. The number of fused-ring (bicyclic) bond motifs is 1. The summed E-state index contributed by atoms with van der Waals surface area (Å²) < 4.78 is 1.60. The summed E-state index contributed by atoms with van der Waals surface area (Å²) in [7, 11) is 0. The lowest BCUT2D eigenvalue weighted by molar-refractivity contribution is 0.723. The molecule has 0 aliphatic heterocycles. The molecule has 3 aromatic rings. The van der Waals surface area contributed by atoms with Crippen molar-refractivity contribution in [2.24, 2.45) is 0 Å². The maximum Gasteiger partial charge on any atom is 0.265 e. The van der Waals surface area contributed by atoms with Gasteiger partial charge in [0.05, 0.1) is 28.2 Å². The molecule has 0 saturated carbocycles. The number of nitriles is 1. The average Bonchev–Trinajstić information content (AvgIpc) is 2.54. The molecule has 0 fully saturated rings. The monoisotopic (exact) mass is 304 g/mol. The van der Waals surface area contributed by atoms with Crippen LogP contribution in [0.5, 0.6) is 0 Å². The van der Waals surface area contributed by atoms with E-state index in [9.17, 15) is 4.79 Å². The molecule has 0 atom stereocenters. The molecule has 1 heterocycles. The second-order valence-electron chi connectivity index (χ2n) is 5.70. The third kappa shape index (κ3) is 2.55. The molecule has 1 aromatic heterocycles. The van der Waals surface area contributed by atoms with Crippen LogP contribution in [0, 0.1) is 11.3 Å². The van der Waals surface area contributed by atoms with E-state index in [4.69, 9.17) is 11.0 Å². The van der Waals surface area contributed by atoms with E-state index < -0.39 is 0 Å². The van der Waals surface area contributed by atoms with Crippen LogP contribution in [0.3, 0.4) is 0 Å². The van der Waals surface area contributed by atoms with Crippen molar-refractivity contribution in [1.29, 1.82) is 5.26 Å². The van der Waals surface area contributed by atoms with Crippen molar-refractivity contribution in [2.45, 2.75) is 19.8 Å². The molecule has 3 rings (SSSR count). The highest BCUT2D eigenvalue weighted by molar-refractivity contribution is 5.81. The summed E-state index contributed by atoms with van der Waals surface area (Å²) in [6.07, 6.45) is 0. The van der Waals surface area contributed by atoms with Crippen molar-refractivity contribution >= 4 is 16.6 Å².